The van der Waals surface area contributed by atoms with E-state index in [4.69, 9.17) is 9.59 Å². The van der Waals surface area contributed by atoms with Crippen LogP contribution in [0.15, 0.2) is 60.7 Å². The molecule has 0 aliphatic heterocycles. The average molecular weight is 303 g/mol. The van der Waals surface area contributed by atoms with Crippen LogP contribution in [0.3, 0.4) is 0 Å². The molecule has 2 aromatic rings. The van der Waals surface area contributed by atoms with Crippen molar-refractivity contribution in [2.24, 2.45) is 0 Å². The van der Waals surface area contributed by atoms with E-state index in [9.17, 15) is 0 Å². The van der Waals surface area contributed by atoms with Gasteiger partial charge in [-0.1, -0.05) is 69.2 Å². The molecule has 0 aromatic heterocycles. The minimum absolute atomic E-state index is 0. The largest absolute Gasteiger partial charge is 2.00 e. The second-order valence-electron chi connectivity index (χ2n) is 2.86. The molecule has 0 saturated carbocycles. The van der Waals surface area contributed by atoms with E-state index >= 15 is 0 Å². The van der Waals surface area contributed by atoms with Crippen LogP contribution in [0, 0.1) is 0 Å². The Morgan fingerprint density at radius 2 is 0.889 bits per heavy atom. The summed E-state index contributed by atoms with van der Waals surface area (Å²) < 4.78 is 0. The zero-order valence-electron chi connectivity index (χ0n) is 9.56. The number of hydrogen-bond acceptors (Lipinski definition) is 2. The molecular formula is C14H13NiO2P. The first-order valence-corrected chi connectivity index (χ1v) is 5.79. The molecule has 0 unspecified atom stereocenters. The first kappa shape index (κ1) is 19.1. The van der Waals surface area contributed by atoms with Crippen LogP contribution in [0.4, 0.5) is 0 Å². The Labute approximate surface area is 120 Å². The first-order valence-electron chi connectivity index (χ1n) is 4.79. The SMILES string of the molecule is [CH-]=O.[CH-]=O.[Ni+2].c1ccc(Pc2ccccc2)cc1. The summed E-state index contributed by atoms with van der Waals surface area (Å²) in [6, 6.07) is 21.2. The molecular weight excluding hydrogens is 290 g/mol. The van der Waals surface area contributed by atoms with Crippen molar-refractivity contribution < 1.29 is 26.1 Å². The Balaban J connectivity index is 0. The van der Waals surface area contributed by atoms with E-state index in [-0.39, 0.29) is 16.5 Å². The molecule has 0 radical (unpaired) electrons. The molecule has 0 amide bonds. The molecule has 4 heteroatoms. The molecule has 0 heterocycles. The van der Waals surface area contributed by atoms with Crippen molar-refractivity contribution in [3.8, 4) is 0 Å². The predicted octanol–water partition coefficient (Wildman–Crippen LogP) is 1.77. The van der Waals surface area contributed by atoms with E-state index in [1.165, 1.54) is 10.6 Å². The van der Waals surface area contributed by atoms with Crippen LogP contribution in [0.5, 0.6) is 0 Å². The van der Waals surface area contributed by atoms with Gasteiger partial charge in [-0.2, -0.15) is 0 Å². The summed E-state index contributed by atoms with van der Waals surface area (Å²) in [5, 5.41) is 2.79. The average Bonchev–Trinajstić information content (AvgIpc) is 2.45. The molecule has 0 atom stereocenters. The van der Waals surface area contributed by atoms with Crippen molar-refractivity contribution in [3.63, 3.8) is 0 Å². The third kappa shape index (κ3) is 7.89. The van der Waals surface area contributed by atoms with E-state index < -0.39 is 0 Å². The van der Waals surface area contributed by atoms with Gasteiger partial charge in [0.15, 0.2) is 0 Å². The van der Waals surface area contributed by atoms with Crippen LogP contribution in [0.25, 0.3) is 0 Å². The topological polar surface area (TPSA) is 34.1 Å². The zero-order valence-corrected chi connectivity index (χ0v) is 11.5. The molecule has 2 nitrogen and oxygen atoms in total. The van der Waals surface area contributed by atoms with Crippen LogP contribution in [0.2, 0.25) is 0 Å². The van der Waals surface area contributed by atoms with Gasteiger partial charge in [-0.3, -0.25) is 13.6 Å². The molecule has 0 aliphatic rings. The number of rotatable bonds is 2. The van der Waals surface area contributed by atoms with Crippen LogP contribution in [-0.4, -0.2) is 13.6 Å². The Morgan fingerprint density at radius 1 is 0.611 bits per heavy atom. The maximum atomic E-state index is 7.75. The summed E-state index contributed by atoms with van der Waals surface area (Å²) in [7, 11) is 0.777. The van der Waals surface area contributed by atoms with Gasteiger partial charge in [0.1, 0.15) is 0 Å². The van der Waals surface area contributed by atoms with Crippen molar-refractivity contribution >= 4 is 32.8 Å². The summed E-state index contributed by atoms with van der Waals surface area (Å²) in [4.78, 5) is 15.5. The van der Waals surface area contributed by atoms with Crippen molar-refractivity contribution in [2.75, 3.05) is 0 Å². The second kappa shape index (κ2) is 13.8. The maximum Gasteiger partial charge on any atom is 2.00 e. The van der Waals surface area contributed by atoms with Gasteiger partial charge in [0.05, 0.1) is 0 Å². The van der Waals surface area contributed by atoms with E-state index in [1.807, 2.05) is 0 Å². The Bertz CT molecular complexity index is 356. The molecule has 2 aromatic carbocycles. The van der Waals surface area contributed by atoms with Gasteiger partial charge in [-0.25, -0.2) is 0 Å². The first-order chi connectivity index (χ1) is 8.45. The molecule has 0 bridgehead atoms. The summed E-state index contributed by atoms with van der Waals surface area (Å²) in [6.45, 7) is 6.50. The molecule has 0 spiro atoms. The van der Waals surface area contributed by atoms with E-state index in [1.54, 1.807) is 0 Å². The monoisotopic (exact) mass is 302 g/mol. The van der Waals surface area contributed by atoms with E-state index in [0.717, 1.165) is 8.58 Å². The molecule has 0 fully saturated rings. The van der Waals surface area contributed by atoms with Crippen LogP contribution < -0.4 is 10.6 Å². The van der Waals surface area contributed by atoms with E-state index in [2.05, 4.69) is 74.2 Å². The molecule has 2 rings (SSSR count). The summed E-state index contributed by atoms with van der Waals surface area (Å²) in [5.41, 5.74) is 0. The Hall–Kier alpha value is -1.30. The predicted molar refractivity (Wildman–Crippen MR) is 74.0 cm³/mol. The van der Waals surface area contributed by atoms with Crippen LogP contribution in [0.1, 0.15) is 0 Å². The van der Waals surface area contributed by atoms with Gasteiger partial charge < -0.3 is 9.59 Å². The van der Waals surface area contributed by atoms with Gasteiger partial charge in [0, 0.05) is 0 Å². The van der Waals surface area contributed by atoms with Crippen LogP contribution >= 0.6 is 8.58 Å². The summed E-state index contributed by atoms with van der Waals surface area (Å²) in [6.07, 6.45) is 0. The van der Waals surface area contributed by atoms with Gasteiger partial charge in [0.2, 0.25) is 0 Å². The Kier molecular flexibility index (Phi) is 14.6. The third-order valence-electron chi connectivity index (χ3n) is 1.84. The van der Waals surface area contributed by atoms with E-state index in [0.29, 0.717) is 0 Å². The third-order valence-corrected chi connectivity index (χ3v) is 3.08. The minimum atomic E-state index is 0. The van der Waals surface area contributed by atoms with Crippen molar-refractivity contribution in [3.05, 3.63) is 60.7 Å². The number of hydrogen-bond donors (Lipinski definition) is 0. The standard InChI is InChI=1S/C12H11P.2CHO.Ni/c1-3-7-11(8-4-1)13-12-9-5-2-6-10-12;2*1-2;/h1-10,13H;2*1H;/q;2*-1;+2. The smallest absolute Gasteiger partial charge is 0.545 e. The quantitative estimate of drug-likeness (QED) is 0.367. The maximum absolute atomic E-state index is 7.75. The molecule has 0 N–H and O–H groups in total. The normalized spacial score (nSPS) is 7.56. The molecule has 0 aliphatic carbocycles. The fraction of sp³-hybridized carbons (Fsp3) is 0. The number of benzene rings is 2. The fourth-order valence-corrected chi connectivity index (χ4v) is 2.26. The number of carbonyl (C=O) groups excluding carboxylic acids is 2. The fourth-order valence-electron chi connectivity index (χ4n) is 1.21. The van der Waals surface area contributed by atoms with Gasteiger partial charge in [-0.15, -0.1) is 0 Å². The molecule has 96 valence electrons. The van der Waals surface area contributed by atoms with Gasteiger partial charge >= 0.3 is 16.5 Å². The zero-order chi connectivity index (χ0) is 12.9. The summed E-state index contributed by atoms with van der Waals surface area (Å²) >= 11 is 0. The van der Waals surface area contributed by atoms with Gasteiger partial charge in [-0.05, 0) is 10.6 Å². The molecule has 0 saturated heterocycles. The molecule has 18 heavy (non-hydrogen) atoms. The van der Waals surface area contributed by atoms with Crippen LogP contribution in [-0.2, 0) is 26.1 Å². The second-order valence-corrected chi connectivity index (χ2v) is 4.26. The Morgan fingerprint density at radius 3 is 1.17 bits per heavy atom. The van der Waals surface area contributed by atoms with Crippen molar-refractivity contribution in [1.82, 2.24) is 0 Å². The minimum Gasteiger partial charge on any atom is -0.545 e. The van der Waals surface area contributed by atoms with Crippen molar-refractivity contribution in [1.29, 1.82) is 0 Å². The van der Waals surface area contributed by atoms with Gasteiger partial charge in [0.25, 0.3) is 0 Å². The van der Waals surface area contributed by atoms with Crippen molar-refractivity contribution in [2.45, 2.75) is 0 Å². The summed E-state index contributed by atoms with van der Waals surface area (Å²) in [5.74, 6) is 0.